The fraction of sp³-hybridized carbons (Fsp3) is 0.357. The van der Waals surface area contributed by atoms with Crippen LogP contribution in [0, 0.1) is 5.92 Å². The minimum absolute atomic E-state index is 0.0439. The van der Waals surface area contributed by atoms with Gasteiger partial charge in [0, 0.05) is 15.6 Å². The highest BCUT2D eigenvalue weighted by molar-refractivity contribution is 6.35. The lowest BCUT2D eigenvalue weighted by atomic mass is 9.88. The van der Waals surface area contributed by atoms with E-state index in [0.717, 1.165) is 30.4 Å². The third-order valence-electron chi connectivity index (χ3n) is 3.34. The smallest absolute Gasteiger partial charge is 0.331 e. The summed E-state index contributed by atoms with van der Waals surface area (Å²) in [5.74, 6) is -0.830. The second-order valence-corrected chi connectivity index (χ2v) is 5.50. The Bertz CT molecular complexity index is 521. The number of carboxylic acids is 1. The number of hydrogen-bond donors (Lipinski definition) is 1. The SMILES string of the molecule is C[C@H]1CCCc2cc(Cl)cc(Cl)c2/C=C\1C(=O)O. The standard InChI is InChI=1S/C14H14Cl2O2/c1-8-3-2-4-9-5-10(15)6-13(16)12(9)7-11(8)14(17)18/h5-8H,2-4H2,1H3,(H,17,18)/b11-7+/t8-/m0/s1. The van der Waals surface area contributed by atoms with E-state index < -0.39 is 5.97 Å². The van der Waals surface area contributed by atoms with Crippen LogP contribution in [-0.4, -0.2) is 11.1 Å². The van der Waals surface area contributed by atoms with E-state index in [1.54, 1.807) is 12.1 Å². The largest absolute Gasteiger partial charge is 0.478 e. The van der Waals surface area contributed by atoms with Crippen LogP contribution < -0.4 is 0 Å². The van der Waals surface area contributed by atoms with Crippen LogP contribution in [0.15, 0.2) is 17.7 Å². The van der Waals surface area contributed by atoms with Gasteiger partial charge in [-0.15, -0.1) is 0 Å². The first-order chi connectivity index (χ1) is 8.49. The van der Waals surface area contributed by atoms with Crippen molar-refractivity contribution < 1.29 is 9.90 Å². The molecule has 0 bridgehead atoms. The Morgan fingerprint density at radius 2 is 2.11 bits per heavy atom. The van der Waals surface area contributed by atoms with Gasteiger partial charge in [-0.1, -0.05) is 30.1 Å². The summed E-state index contributed by atoms with van der Waals surface area (Å²) in [6.45, 7) is 1.94. The summed E-state index contributed by atoms with van der Waals surface area (Å²) in [5.41, 5.74) is 2.24. The first kappa shape index (κ1) is 13.4. The van der Waals surface area contributed by atoms with Gasteiger partial charge in [-0.25, -0.2) is 4.79 Å². The summed E-state index contributed by atoms with van der Waals surface area (Å²) >= 11 is 12.2. The molecule has 1 aliphatic carbocycles. The molecule has 0 saturated carbocycles. The Balaban J connectivity index is 2.60. The van der Waals surface area contributed by atoms with E-state index in [2.05, 4.69) is 0 Å². The van der Waals surface area contributed by atoms with Crippen LogP contribution in [0.1, 0.15) is 30.9 Å². The molecule has 0 unspecified atom stereocenters. The first-order valence-electron chi connectivity index (χ1n) is 5.92. The normalized spacial score (nSPS) is 22.4. The highest BCUT2D eigenvalue weighted by Gasteiger charge is 2.20. The van der Waals surface area contributed by atoms with E-state index >= 15 is 0 Å². The monoisotopic (exact) mass is 284 g/mol. The molecule has 0 aromatic heterocycles. The van der Waals surface area contributed by atoms with Crippen molar-refractivity contribution in [1.29, 1.82) is 0 Å². The number of aryl methyl sites for hydroxylation is 1. The minimum atomic E-state index is -0.874. The van der Waals surface area contributed by atoms with Gasteiger partial charge in [0.15, 0.2) is 0 Å². The summed E-state index contributed by atoms with van der Waals surface area (Å²) in [6.07, 6.45) is 4.38. The highest BCUT2D eigenvalue weighted by atomic mass is 35.5. The molecule has 0 amide bonds. The van der Waals surface area contributed by atoms with E-state index in [-0.39, 0.29) is 5.92 Å². The molecule has 0 radical (unpaired) electrons. The average Bonchev–Trinajstić information content (AvgIpc) is 2.24. The lowest BCUT2D eigenvalue weighted by molar-refractivity contribution is -0.133. The van der Waals surface area contributed by atoms with Crippen molar-refractivity contribution in [1.82, 2.24) is 0 Å². The summed E-state index contributed by atoms with van der Waals surface area (Å²) < 4.78 is 0. The van der Waals surface area contributed by atoms with E-state index in [1.807, 2.05) is 13.0 Å². The molecule has 0 saturated heterocycles. The molecule has 0 aliphatic heterocycles. The lowest BCUT2D eigenvalue weighted by Gasteiger charge is -2.18. The van der Waals surface area contributed by atoms with Crippen molar-refractivity contribution >= 4 is 35.2 Å². The highest BCUT2D eigenvalue weighted by Crippen LogP contribution is 2.33. The minimum Gasteiger partial charge on any atom is -0.478 e. The Kier molecular flexibility index (Phi) is 3.98. The van der Waals surface area contributed by atoms with Crippen molar-refractivity contribution in [3.8, 4) is 0 Å². The molecule has 0 heterocycles. The van der Waals surface area contributed by atoms with Gasteiger partial charge in [0.25, 0.3) is 0 Å². The zero-order valence-corrected chi connectivity index (χ0v) is 11.6. The maximum atomic E-state index is 11.3. The number of halogens is 2. The molecule has 1 N–H and O–H groups in total. The molecule has 18 heavy (non-hydrogen) atoms. The molecule has 1 atom stereocenters. The van der Waals surface area contributed by atoms with Gasteiger partial charge >= 0.3 is 5.97 Å². The number of benzene rings is 1. The molecule has 1 aliphatic rings. The van der Waals surface area contributed by atoms with Gasteiger partial charge in [0.2, 0.25) is 0 Å². The topological polar surface area (TPSA) is 37.3 Å². The van der Waals surface area contributed by atoms with Gasteiger partial charge in [-0.05, 0) is 54.5 Å². The molecular formula is C14H14Cl2O2. The van der Waals surface area contributed by atoms with Crippen LogP contribution in [0.3, 0.4) is 0 Å². The molecule has 1 aromatic rings. The van der Waals surface area contributed by atoms with Crippen LogP contribution >= 0.6 is 23.2 Å². The van der Waals surface area contributed by atoms with E-state index in [0.29, 0.717) is 15.6 Å². The molecule has 4 heteroatoms. The predicted octanol–water partition coefficient (Wildman–Crippen LogP) is 4.43. The van der Waals surface area contributed by atoms with Crippen molar-refractivity contribution in [2.75, 3.05) is 0 Å². The maximum absolute atomic E-state index is 11.3. The second kappa shape index (κ2) is 5.33. The Morgan fingerprint density at radius 3 is 2.78 bits per heavy atom. The zero-order chi connectivity index (χ0) is 13.3. The van der Waals surface area contributed by atoms with Crippen molar-refractivity contribution in [2.24, 2.45) is 5.92 Å². The van der Waals surface area contributed by atoms with E-state index in [1.165, 1.54) is 0 Å². The zero-order valence-electron chi connectivity index (χ0n) is 10.0. The van der Waals surface area contributed by atoms with Crippen molar-refractivity contribution in [2.45, 2.75) is 26.2 Å². The number of fused-ring (bicyclic) bond motifs is 1. The molecule has 0 fully saturated rings. The fourth-order valence-electron chi connectivity index (χ4n) is 2.33. The van der Waals surface area contributed by atoms with E-state index in [9.17, 15) is 9.90 Å². The van der Waals surface area contributed by atoms with Gasteiger partial charge in [-0.3, -0.25) is 0 Å². The molecule has 0 spiro atoms. The molecule has 96 valence electrons. The average molecular weight is 285 g/mol. The van der Waals surface area contributed by atoms with Gasteiger partial charge in [0.05, 0.1) is 0 Å². The number of carboxylic acid groups (broad SMARTS) is 1. The van der Waals surface area contributed by atoms with Crippen LogP contribution in [0.2, 0.25) is 10.0 Å². The second-order valence-electron chi connectivity index (χ2n) is 4.66. The third kappa shape index (κ3) is 2.70. The summed E-state index contributed by atoms with van der Waals surface area (Å²) in [7, 11) is 0. The van der Waals surface area contributed by atoms with Crippen molar-refractivity contribution in [3.05, 3.63) is 38.9 Å². The van der Waals surface area contributed by atoms with Crippen LogP contribution in [0.5, 0.6) is 0 Å². The number of rotatable bonds is 1. The van der Waals surface area contributed by atoms with Crippen molar-refractivity contribution in [3.63, 3.8) is 0 Å². The predicted molar refractivity (Wildman–Crippen MR) is 74.2 cm³/mol. The number of hydrogen-bond acceptors (Lipinski definition) is 1. The maximum Gasteiger partial charge on any atom is 0.331 e. The third-order valence-corrected chi connectivity index (χ3v) is 3.87. The van der Waals surface area contributed by atoms with Gasteiger partial charge in [-0.2, -0.15) is 0 Å². The summed E-state index contributed by atoms with van der Waals surface area (Å²) in [6, 6.07) is 3.53. The Morgan fingerprint density at radius 1 is 1.39 bits per heavy atom. The molecule has 2 nitrogen and oxygen atoms in total. The number of aliphatic carboxylic acids is 1. The Hall–Kier alpha value is -0.990. The van der Waals surface area contributed by atoms with Gasteiger partial charge in [0.1, 0.15) is 0 Å². The fourth-order valence-corrected chi connectivity index (χ4v) is 2.92. The lowest BCUT2D eigenvalue weighted by Crippen LogP contribution is -2.12. The number of carbonyl (C=O) groups is 1. The molecular weight excluding hydrogens is 271 g/mol. The van der Waals surface area contributed by atoms with Crippen LogP contribution in [0.25, 0.3) is 6.08 Å². The summed E-state index contributed by atoms with van der Waals surface area (Å²) in [4.78, 5) is 11.3. The van der Waals surface area contributed by atoms with Gasteiger partial charge < -0.3 is 5.11 Å². The first-order valence-corrected chi connectivity index (χ1v) is 6.67. The summed E-state index contributed by atoms with van der Waals surface area (Å²) in [5, 5.41) is 10.4. The van der Waals surface area contributed by atoms with Crippen LogP contribution in [-0.2, 0) is 11.2 Å². The Labute approximate surface area is 116 Å². The van der Waals surface area contributed by atoms with Crippen LogP contribution in [0.4, 0.5) is 0 Å². The quantitative estimate of drug-likeness (QED) is 0.828. The molecule has 1 aromatic carbocycles. The van der Waals surface area contributed by atoms with E-state index in [4.69, 9.17) is 23.2 Å². The molecule has 2 rings (SSSR count).